The van der Waals surface area contributed by atoms with Crippen LogP contribution in [0.1, 0.15) is 72.1 Å². The highest BCUT2D eigenvalue weighted by Gasteiger charge is 2.28. The lowest BCUT2D eigenvalue weighted by Crippen LogP contribution is -2.49. The summed E-state index contributed by atoms with van der Waals surface area (Å²) >= 11 is 5.42. The van der Waals surface area contributed by atoms with Crippen molar-refractivity contribution in [2.45, 2.75) is 58.3 Å². The molecule has 1 aliphatic carbocycles. The fourth-order valence-electron chi connectivity index (χ4n) is 4.89. The van der Waals surface area contributed by atoms with Crippen LogP contribution in [0.5, 0.6) is 0 Å². The molecule has 1 saturated heterocycles. The van der Waals surface area contributed by atoms with Crippen molar-refractivity contribution >= 4 is 49.2 Å². The predicted molar refractivity (Wildman–Crippen MR) is 140 cm³/mol. The van der Waals surface area contributed by atoms with Gasteiger partial charge in [0.05, 0.1) is 10.9 Å². The number of nitrogens with zero attached hydrogens (tertiary/aromatic N) is 4. The Morgan fingerprint density at radius 1 is 1.09 bits per heavy atom. The van der Waals surface area contributed by atoms with E-state index in [1.807, 2.05) is 40.5 Å². The highest BCUT2D eigenvalue weighted by Crippen LogP contribution is 2.40. The normalized spacial score (nSPS) is 17.7. The lowest BCUT2D eigenvalue weighted by molar-refractivity contribution is 0.0745. The van der Waals surface area contributed by atoms with Gasteiger partial charge in [0.25, 0.3) is 5.91 Å². The summed E-state index contributed by atoms with van der Waals surface area (Å²) in [4.78, 5) is 30.3. The number of hydrogen-bond donors (Lipinski definition) is 0. The fraction of sp³-hybridized carbons (Fsp3) is 0.500. The van der Waals surface area contributed by atoms with E-state index in [2.05, 4.69) is 34.7 Å². The summed E-state index contributed by atoms with van der Waals surface area (Å²) in [5, 5.41) is 1.29. The second-order valence-electron chi connectivity index (χ2n) is 9.22. The molecule has 2 aromatic heterocycles. The maximum atomic E-state index is 13.1. The summed E-state index contributed by atoms with van der Waals surface area (Å²) in [6.07, 6.45) is 7.16. The molecular weight excluding hydrogens is 496 g/mol. The van der Waals surface area contributed by atoms with Crippen LogP contribution in [0.4, 0.5) is 5.82 Å². The van der Waals surface area contributed by atoms with Crippen LogP contribution in [-0.4, -0.2) is 47.0 Å². The Bertz CT molecular complexity index is 1170. The van der Waals surface area contributed by atoms with Crippen LogP contribution in [0, 0.1) is 0 Å². The summed E-state index contributed by atoms with van der Waals surface area (Å²) in [6, 6.07) is 7.69. The van der Waals surface area contributed by atoms with Crippen molar-refractivity contribution in [1.29, 1.82) is 0 Å². The Kier molecular flexibility index (Phi) is 6.70. The molecule has 0 N–H and O–H groups in total. The van der Waals surface area contributed by atoms with Crippen LogP contribution in [0.3, 0.4) is 0 Å². The third kappa shape index (κ3) is 4.42. The number of fused-ring (bicyclic) bond motifs is 3. The molecule has 1 amide bonds. The molecule has 5 nitrogen and oxygen atoms in total. The molecule has 1 fully saturated rings. The minimum absolute atomic E-state index is 0.0969. The molecule has 7 heteroatoms. The lowest BCUT2D eigenvalue weighted by atomic mass is 10.1. The largest absolute Gasteiger partial charge is 0.352 e. The second-order valence-corrected chi connectivity index (χ2v) is 11.2. The maximum Gasteiger partial charge on any atom is 0.255 e. The number of halogens is 1. The first kappa shape index (κ1) is 22.8. The first-order valence-electron chi connectivity index (χ1n) is 12.2. The van der Waals surface area contributed by atoms with Crippen molar-refractivity contribution in [2.24, 2.45) is 0 Å². The van der Waals surface area contributed by atoms with E-state index in [0.717, 1.165) is 52.4 Å². The molecule has 5 rings (SSSR count). The summed E-state index contributed by atoms with van der Waals surface area (Å²) in [6.45, 7) is 7.43. The summed E-state index contributed by atoms with van der Waals surface area (Å²) in [7, 11) is 0. The number of aryl methyl sites for hydroxylation is 2. The van der Waals surface area contributed by atoms with Crippen LogP contribution < -0.4 is 4.90 Å². The number of rotatable bonds is 4. The predicted octanol–water partition coefficient (Wildman–Crippen LogP) is 6.20. The molecule has 0 radical (unpaired) electrons. The van der Waals surface area contributed by atoms with Crippen LogP contribution in [0.15, 0.2) is 28.7 Å². The summed E-state index contributed by atoms with van der Waals surface area (Å²) in [5.74, 6) is 2.50. The van der Waals surface area contributed by atoms with Gasteiger partial charge in [0.2, 0.25) is 0 Å². The maximum absolute atomic E-state index is 13.1. The van der Waals surface area contributed by atoms with Crippen LogP contribution in [0.25, 0.3) is 10.2 Å². The first-order valence-corrected chi connectivity index (χ1v) is 13.8. The quantitative estimate of drug-likeness (QED) is 0.379. The standard InChI is InChI=1S/C26H31BrN4OS/c1-3-17(2)23-28-24(22-19-10-5-4-6-12-21(19)33-25(22)29-23)30-13-15-31(16-14-30)26(32)18-9-7-8-11-20(18)27/h7-9,11,17H,3-6,10,12-16H2,1-2H3/t17-/m0/s1. The van der Waals surface area contributed by atoms with E-state index < -0.39 is 0 Å². The monoisotopic (exact) mass is 526 g/mol. The molecule has 1 atom stereocenters. The molecule has 33 heavy (non-hydrogen) atoms. The SMILES string of the molecule is CC[C@H](C)c1nc(N2CCN(C(=O)c3ccccc3Br)CC2)c2c3c(sc2n1)CCCCC3. The van der Waals surface area contributed by atoms with Gasteiger partial charge in [-0.1, -0.05) is 32.4 Å². The van der Waals surface area contributed by atoms with Gasteiger partial charge in [0, 0.05) is 41.4 Å². The van der Waals surface area contributed by atoms with E-state index in [-0.39, 0.29) is 5.91 Å². The molecule has 0 bridgehead atoms. The van der Waals surface area contributed by atoms with Gasteiger partial charge in [0.1, 0.15) is 16.5 Å². The third-order valence-electron chi connectivity index (χ3n) is 7.09. The summed E-state index contributed by atoms with van der Waals surface area (Å²) < 4.78 is 0.856. The molecule has 2 aliphatic rings. The van der Waals surface area contributed by atoms with Gasteiger partial charge in [0.15, 0.2) is 0 Å². The second kappa shape index (κ2) is 9.71. The van der Waals surface area contributed by atoms with E-state index >= 15 is 0 Å². The lowest BCUT2D eigenvalue weighted by Gasteiger charge is -2.36. The fourth-order valence-corrected chi connectivity index (χ4v) is 6.61. The van der Waals surface area contributed by atoms with E-state index in [0.29, 0.717) is 19.0 Å². The molecule has 1 aromatic carbocycles. The zero-order valence-electron chi connectivity index (χ0n) is 19.4. The van der Waals surface area contributed by atoms with Crippen molar-refractivity contribution in [1.82, 2.24) is 14.9 Å². The number of benzene rings is 1. The number of hydrogen-bond acceptors (Lipinski definition) is 5. The highest BCUT2D eigenvalue weighted by molar-refractivity contribution is 9.10. The number of thiophene rings is 1. The number of carbonyl (C=O) groups is 1. The van der Waals surface area contributed by atoms with Gasteiger partial charge in [-0.15, -0.1) is 11.3 Å². The summed E-state index contributed by atoms with van der Waals surface area (Å²) in [5.41, 5.74) is 2.22. The first-order chi connectivity index (χ1) is 16.1. The number of amides is 1. The minimum Gasteiger partial charge on any atom is -0.352 e. The molecular formula is C26H31BrN4OS. The number of anilines is 1. The molecule has 0 saturated carbocycles. The van der Waals surface area contributed by atoms with Crippen LogP contribution in [0.2, 0.25) is 0 Å². The Morgan fingerprint density at radius 2 is 1.85 bits per heavy atom. The van der Waals surface area contributed by atoms with Crippen molar-refractivity contribution < 1.29 is 4.79 Å². The Hall–Kier alpha value is -1.99. The molecule has 0 spiro atoms. The van der Waals surface area contributed by atoms with E-state index in [1.54, 1.807) is 0 Å². The van der Waals surface area contributed by atoms with Crippen molar-refractivity contribution in [3.05, 3.63) is 50.6 Å². The van der Waals surface area contributed by atoms with E-state index in [4.69, 9.17) is 9.97 Å². The zero-order chi connectivity index (χ0) is 22.9. The average molecular weight is 528 g/mol. The number of piperazine rings is 1. The van der Waals surface area contributed by atoms with Gasteiger partial charge >= 0.3 is 0 Å². The molecule has 3 aromatic rings. The van der Waals surface area contributed by atoms with Gasteiger partial charge in [-0.25, -0.2) is 9.97 Å². The van der Waals surface area contributed by atoms with E-state index in [9.17, 15) is 4.79 Å². The Labute approximate surface area is 208 Å². The average Bonchev–Trinajstić information content (AvgIpc) is 3.03. The zero-order valence-corrected chi connectivity index (χ0v) is 21.8. The van der Waals surface area contributed by atoms with E-state index in [1.165, 1.54) is 41.5 Å². The molecule has 1 aliphatic heterocycles. The molecule has 174 valence electrons. The molecule has 3 heterocycles. The molecule has 0 unspecified atom stereocenters. The Balaban J connectivity index is 1.46. The van der Waals surface area contributed by atoms with Crippen molar-refractivity contribution in [3.8, 4) is 0 Å². The third-order valence-corrected chi connectivity index (χ3v) is 8.96. The smallest absolute Gasteiger partial charge is 0.255 e. The van der Waals surface area contributed by atoms with Crippen molar-refractivity contribution in [3.63, 3.8) is 0 Å². The van der Waals surface area contributed by atoms with Gasteiger partial charge in [-0.3, -0.25) is 4.79 Å². The van der Waals surface area contributed by atoms with Crippen LogP contribution in [-0.2, 0) is 12.8 Å². The topological polar surface area (TPSA) is 49.3 Å². The van der Waals surface area contributed by atoms with Gasteiger partial charge < -0.3 is 9.80 Å². The van der Waals surface area contributed by atoms with Gasteiger partial charge in [-0.05, 0) is 65.7 Å². The van der Waals surface area contributed by atoms with Gasteiger partial charge in [-0.2, -0.15) is 0 Å². The number of carbonyl (C=O) groups excluding carboxylic acids is 1. The van der Waals surface area contributed by atoms with Crippen molar-refractivity contribution in [2.75, 3.05) is 31.1 Å². The minimum atomic E-state index is 0.0969. The number of aromatic nitrogens is 2. The highest BCUT2D eigenvalue weighted by atomic mass is 79.9. The van der Waals surface area contributed by atoms with Crippen LogP contribution >= 0.6 is 27.3 Å². The Morgan fingerprint density at radius 3 is 2.61 bits per heavy atom.